The Hall–Kier alpha value is -2.52. The van der Waals surface area contributed by atoms with E-state index in [2.05, 4.69) is 5.32 Å². The fourth-order valence-corrected chi connectivity index (χ4v) is 3.89. The Morgan fingerprint density at radius 1 is 1.32 bits per heavy atom. The number of hydrogen-bond acceptors (Lipinski definition) is 4. The van der Waals surface area contributed by atoms with E-state index in [9.17, 15) is 27.2 Å². The van der Waals surface area contributed by atoms with Gasteiger partial charge in [-0.2, -0.15) is 13.2 Å². The maximum Gasteiger partial charge on any atom is 0.416 e. The molecule has 1 saturated carbocycles. The summed E-state index contributed by atoms with van der Waals surface area (Å²) in [5.74, 6) is -1.47. The lowest BCUT2D eigenvalue weighted by Crippen LogP contribution is -2.61. The van der Waals surface area contributed by atoms with Gasteiger partial charge in [0.2, 0.25) is 5.91 Å². The summed E-state index contributed by atoms with van der Waals surface area (Å²) in [7, 11) is 0. The number of benzene rings is 1. The lowest BCUT2D eigenvalue weighted by molar-refractivity contribution is -0.148. The average Bonchev–Trinajstić information content (AvgIpc) is 2.94. The minimum Gasteiger partial charge on any atom is -0.490 e. The molecule has 28 heavy (non-hydrogen) atoms. The molecule has 0 atom stereocenters. The molecule has 2 heterocycles. The van der Waals surface area contributed by atoms with E-state index >= 15 is 0 Å². The summed E-state index contributed by atoms with van der Waals surface area (Å²) in [5.41, 5.74) is -1.48. The Morgan fingerprint density at radius 2 is 2.04 bits per heavy atom. The summed E-state index contributed by atoms with van der Waals surface area (Å²) in [6.45, 7) is 1.30. The first-order valence-corrected chi connectivity index (χ1v) is 8.88. The highest BCUT2D eigenvalue weighted by Crippen LogP contribution is 2.42. The summed E-state index contributed by atoms with van der Waals surface area (Å²) in [6, 6.07) is 2.14. The number of alkyl halides is 3. The van der Waals surface area contributed by atoms with Gasteiger partial charge in [-0.05, 0) is 31.0 Å². The van der Waals surface area contributed by atoms with Crippen molar-refractivity contribution in [2.75, 3.05) is 26.3 Å². The highest BCUT2D eigenvalue weighted by Gasteiger charge is 2.54. The lowest BCUT2D eigenvalue weighted by atomic mass is 9.68. The number of carbonyl (C=O) groups excluding carboxylic acids is 2. The van der Waals surface area contributed by atoms with Gasteiger partial charge in [0.25, 0.3) is 0 Å². The van der Waals surface area contributed by atoms with E-state index in [1.807, 2.05) is 0 Å². The monoisotopic (exact) mass is 402 g/mol. The first kappa shape index (κ1) is 18.8. The van der Waals surface area contributed by atoms with Gasteiger partial charge in [0.15, 0.2) is 11.6 Å². The van der Waals surface area contributed by atoms with Crippen molar-refractivity contribution >= 4 is 12.0 Å². The molecule has 2 saturated heterocycles. The molecule has 2 aliphatic heterocycles. The van der Waals surface area contributed by atoms with Crippen molar-refractivity contribution in [2.24, 2.45) is 11.8 Å². The quantitative estimate of drug-likeness (QED) is 0.787. The molecular weight excluding hydrogens is 384 g/mol. The molecule has 1 aromatic rings. The van der Waals surface area contributed by atoms with Crippen molar-refractivity contribution < 1.29 is 36.6 Å². The van der Waals surface area contributed by atoms with E-state index in [0.717, 1.165) is 12.1 Å². The molecule has 10 heteroatoms. The van der Waals surface area contributed by atoms with E-state index in [4.69, 9.17) is 9.47 Å². The molecule has 0 aromatic heterocycles. The third kappa shape index (κ3) is 3.47. The summed E-state index contributed by atoms with van der Waals surface area (Å²) in [4.78, 5) is 25.2. The minimum atomic E-state index is -4.61. The number of nitrogens with one attached hydrogen (secondary N) is 1. The highest BCUT2D eigenvalue weighted by atomic mass is 19.4. The largest absolute Gasteiger partial charge is 0.490 e. The maximum atomic E-state index is 13.8. The number of carbonyl (C=O) groups is 2. The van der Waals surface area contributed by atoms with Gasteiger partial charge >= 0.3 is 12.3 Å². The standard InChI is InChI=1S/C18H18F4N2O4/c19-13-3-12(18(20,21)22)1-2-14(13)27-8-10-6-24(7-10)15(25)11-4-17(5-11)9-28-16(26)23-17/h1-3,10-11H,4-9H2,(H,23,26). The third-order valence-corrected chi connectivity index (χ3v) is 5.47. The van der Waals surface area contributed by atoms with Crippen LogP contribution in [0.1, 0.15) is 18.4 Å². The van der Waals surface area contributed by atoms with Crippen LogP contribution in [0.4, 0.5) is 22.4 Å². The summed E-state index contributed by atoms with van der Waals surface area (Å²) >= 11 is 0. The molecule has 4 rings (SSSR count). The first-order chi connectivity index (χ1) is 13.2. The summed E-state index contributed by atoms with van der Waals surface area (Å²) in [6.07, 6.45) is -3.97. The fraction of sp³-hybridized carbons (Fsp3) is 0.556. The van der Waals surface area contributed by atoms with Gasteiger partial charge < -0.3 is 19.7 Å². The van der Waals surface area contributed by atoms with Crippen molar-refractivity contribution in [1.82, 2.24) is 10.2 Å². The van der Waals surface area contributed by atoms with Crippen LogP contribution in [0.15, 0.2) is 18.2 Å². The smallest absolute Gasteiger partial charge is 0.416 e. The van der Waals surface area contributed by atoms with Gasteiger partial charge in [-0.1, -0.05) is 0 Å². The zero-order valence-electron chi connectivity index (χ0n) is 14.7. The lowest BCUT2D eigenvalue weighted by Gasteiger charge is -2.47. The maximum absolute atomic E-state index is 13.8. The van der Waals surface area contributed by atoms with Crippen LogP contribution in [0, 0.1) is 17.7 Å². The van der Waals surface area contributed by atoms with Gasteiger partial charge in [0, 0.05) is 24.9 Å². The number of nitrogens with zero attached hydrogens (tertiary/aromatic N) is 1. The molecule has 152 valence electrons. The molecule has 1 aromatic carbocycles. The number of rotatable bonds is 4. The van der Waals surface area contributed by atoms with Gasteiger partial charge in [0.05, 0.1) is 17.7 Å². The zero-order valence-corrected chi connectivity index (χ0v) is 14.7. The summed E-state index contributed by atoms with van der Waals surface area (Å²) in [5, 5.41) is 2.73. The van der Waals surface area contributed by atoms with Crippen molar-refractivity contribution in [3.05, 3.63) is 29.6 Å². The van der Waals surface area contributed by atoms with Crippen LogP contribution in [0.5, 0.6) is 5.75 Å². The third-order valence-electron chi connectivity index (χ3n) is 5.47. The normalized spacial score (nSPS) is 27.1. The molecule has 3 fully saturated rings. The van der Waals surface area contributed by atoms with Gasteiger partial charge in [0.1, 0.15) is 6.61 Å². The molecule has 3 aliphatic rings. The van der Waals surface area contributed by atoms with Crippen LogP contribution >= 0.6 is 0 Å². The number of hydrogen-bond donors (Lipinski definition) is 1. The molecular formula is C18H18F4N2O4. The molecule has 6 nitrogen and oxygen atoms in total. The fourth-order valence-electron chi connectivity index (χ4n) is 3.89. The van der Waals surface area contributed by atoms with Crippen LogP contribution in [0.3, 0.4) is 0 Å². The Balaban J connectivity index is 1.21. The van der Waals surface area contributed by atoms with Crippen LogP contribution in [-0.4, -0.2) is 48.7 Å². The van der Waals surface area contributed by atoms with E-state index < -0.39 is 29.2 Å². The Morgan fingerprint density at radius 3 is 2.61 bits per heavy atom. The summed E-state index contributed by atoms with van der Waals surface area (Å²) < 4.78 is 61.5. The van der Waals surface area contributed by atoms with Crippen molar-refractivity contribution in [1.29, 1.82) is 0 Å². The van der Waals surface area contributed by atoms with E-state index in [0.29, 0.717) is 32.0 Å². The van der Waals surface area contributed by atoms with Gasteiger partial charge in [-0.15, -0.1) is 0 Å². The SMILES string of the molecule is O=C1NC2(CO1)CC(C(=O)N1CC(COc3ccc(C(F)(F)F)cc3F)C1)C2. The Bertz CT molecular complexity index is 801. The second kappa shape index (κ2) is 6.52. The van der Waals surface area contributed by atoms with Crippen LogP contribution in [0.2, 0.25) is 0 Å². The van der Waals surface area contributed by atoms with E-state index in [1.54, 1.807) is 4.90 Å². The second-order valence-electron chi connectivity index (χ2n) is 7.65. The number of likely N-dealkylation sites (tertiary alicyclic amines) is 1. The van der Waals surface area contributed by atoms with E-state index in [-0.39, 0.29) is 36.7 Å². The van der Waals surface area contributed by atoms with Gasteiger partial charge in [-0.25, -0.2) is 9.18 Å². The van der Waals surface area contributed by atoms with Gasteiger partial charge in [-0.3, -0.25) is 4.79 Å². The molecule has 1 N–H and O–H groups in total. The van der Waals surface area contributed by atoms with Crippen molar-refractivity contribution in [3.63, 3.8) is 0 Å². The van der Waals surface area contributed by atoms with Crippen LogP contribution < -0.4 is 10.1 Å². The number of cyclic esters (lactones) is 1. The Labute approximate surface area is 157 Å². The average molecular weight is 402 g/mol. The molecule has 1 spiro atoms. The number of ether oxygens (including phenoxy) is 2. The molecule has 0 radical (unpaired) electrons. The van der Waals surface area contributed by atoms with Crippen molar-refractivity contribution in [3.8, 4) is 5.75 Å². The van der Waals surface area contributed by atoms with Crippen LogP contribution in [-0.2, 0) is 15.7 Å². The Kier molecular flexibility index (Phi) is 4.39. The second-order valence-corrected chi connectivity index (χ2v) is 7.65. The van der Waals surface area contributed by atoms with Crippen molar-refractivity contribution in [2.45, 2.75) is 24.6 Å². The molecule has 1 aliphatic carbocycles. The van der Waals surface area contributed by atoms with E-state index in [1.165, 1.54) is 0 Å². The van der Waals surface area contributed by atoms with Crippen LogP contribution in [0.25, 0.3) is 0 Å². The number of amides is 2. The molecule has 0 unspecified atom stereocenters. The zero-order chi connectivity index (χ0) is 20.1. The molecule has 0 bridgehead atoms. The highest BCUT2D eigenvalue weighted by molar-refractivity contribution is 5.82. The predicted octanol–water partition coefficient (Wildman–Crippen LogP) is 2.57. The predicted molar refractivity (Wildman–Crippen MR) is 86.9 cm³/mol. The minimum absolute atomic E-state index is 0.00346. The number of halogens is 4. The molecule has 2 amide bonds. The number of alkyl carbamates (subject to hydrolysis) is 1. The first-order valence-electron chi connectivity index (χ1n) is 8.88. The topological polar surface area (TPSA) is 67.9 Å².